The normalized spacial score (nSPS) is 13.0. The molecule has 0 rings (SSSR count). The second kappa shape index (κ2) is 6.81. The fourth-order valence-corrected chi connectivity index (χ4v) is 2.37. The first kappa shape index (κ1) is 12.4. The van der Waals surface area contributed by atoms with E-state index in [-0.39, 0.29) is 7.43 Å². The summed E-state index contributed by atoms with van der Waals surface area (Å²) >= 11 is 0. The van der Waals surface area contributed by atoms with Gasteiger partial charge in [-0.1, -0.05) is 49.8 Å². The Balaban J connectivity index is 0. The molecule has 1 atom stereocenters. The van der Waals surface area contributed by atoms with Gasteiger partial charge in [-0.25, -0.2) is 0 Å². The van der Waals surface area contributed by atoms with Crippen molar-refractivity contribution < 1.29 is 0 Å². The molecule has 58 valence electrons. The van der Waals surface area contributed by atoms with E-state index in [1.54, 1.807) is 0 Å². The second-order valence-electron chi connectivity index (χ2n) is 2.21. The van der Waals surface area contributed by atoms with Crippen molar-refractivity contribution in [3.05, 3.63) is 0 Å². The standard InChI is InChI=1S/C6H14S2.CH4/c1-5(2)6(3)8-7-4;/h5-6H,1-4H3;1H4/t6-;/m1./s1. The van der Waals surface area contributed by atoms with Crippen LogP contribution in [-0.4, -0.2) is 11.5 Å². The van der Waals surface area contributed by atoms with Crippen molar-refractivity contribution in [3.8, 4) is 0 Å². The first-order valence-corrected chi connectivity index (χ1v) is 5.50. The van der Waals surface area contributed by atoms with E-state index in [0.717, 1.165) is 11.2 Å². The Labute approximate surface area is 67.6 Å². The molecule has 0 aromatic carbocycles. The molecule has 0 aromatic heterocycles. The predicted octanol–water partition coefficient (Wildman–Crippen LogP) is 3.68. The Hall–Kier alpha value is 0.700. The highest BCUT2D eigenvalue weighted by molar-refractivity contribution is 8.76. The molecule has 2 heteroatoms. The maximum atomic E-state index is 2.27. The highest BCUT2D eigenvalue weighted by Crippen LogP contribution is 2.27. The number of hydrogen-bond donors (Lipinski definition) is 0. The lowest BCUT2D eigenvalue weighted by Crippen LogP contribution is -2.02. The third kappa shape index (κ3) is 6.59. The van der Waals surface area contributed by atoms with E-state index >= 15 is 0 Å². The fraction of sp³-hybridized carbons (Fsp3) is 1.00. The van der Waals surface area contributed by atoms with Gasteiger partial charge in [-0.15, -0.1) is 0 Å². The van der Waals surface area contributed by atoms with Crippen LogP contribution in [0, 0.1) is 5.92 Å². The average Bonchev–Trinajstić information content (AvgIpc) is 1.67. The molecule has 0 aliphatic rings. The van der Waals surface area contributed by atoms with Crippen LogP contribution in [-0.2, 0) is 0 Å². The predicted molar refractivity (Wildman–Crippen MR) is 52.1 cm³/mol. The fourth-order valence-electron chi connectivity index (χ4n) is 0.263. The Morgan fingerprint density at radius 1 is 1.11 bits per heavy atom. The molecular formula is C7H18S2. The molecule has 0 aliphatic carbocycles. The molecule has 9 heavy (non-hydrogen) atoms. The minimum Gasteiger partial charge on any atom is -0.0973 e. The maximum absolute atomic E-state index is 2.27. The third-order valence-electron chi connectivity index (χ3n) is 1.19. The van der Waals surface area contributed by atoms with Gasteiger partial charge in [0, 0.05) is 5.25 Å². The van der Waals surface area contributed by atoms with Crippen molar-refractivity contribution in [2.24, 2.45) is 5.92 Å². The van der Waals surface area contributed by atoms with Crippen molar-refractivity contribution >= 4 is 21.6 Å². The number of hydrogen-bond acceptors (Lipinski definition) is 2. The van der Waals surface area contributed by atoms with Gasteiger partial charge < -0.3 is 0 Å². The minimum atomic E-state index is 0. The summed E-state index contributed by atoms with van der Waals surface area (Å²) in [6.07, 6.45) is 2.13. The topological polar surface area (TPSA) is 0 Å². The van der Waals surface area contributed by atoms with Crippen LogP contribution in [0.3, 0.4) is 0 Å². The lowest BCUT2D eigenvalue weighted by molar-refractivity contribution is 0.645. The SMILES string of the molecule is C.CSS[C@H](C)C(C)C. The van der Waals surface area contributed by atoms with E-state index < -0.39 is 0 Å². The molecular weight excluding hydrogens is 148 g/mol. The van der Waals surface area contributed by atoms with Crippen molar-refractivity contribution in [3.63, 3.8) is 0 Å². The molecule has 0 spiro atoms. The molecule has 0 nitrogen and oxygen atoms in total. The van der Waals surface area contributed by atoms with Crippen LogP contribution < -0.4 is 0 Å². The molecule has 0 amide bonds. The van der Waals surface area contributed by atoms with Crippen LogP contribution in [0.5, 0.6) is 0 Å². The first-order chi connectivity index (χ1) is 3.68. The van der Waals surface area contributed by atoms with Crippen molar-refractivity contribution in [1.29, 1.82) is 0 Å². The summed E-state index contributed by atoms with van der Waals surface area (Å²) in [5.41, 5.74) is 0. The molecule has 0 bridgehead atoms. The van der Waals surface area contributed by atoms with Gasteiger partial charge >= 0.3 is 0 Å². The number of rotatable bonds is 3. The summed E-state index contributed by atoms with van der Waals surface area (Å²) < 4.78 is 0. The molecule has 0 aromatic rings. The van der Waals surface area contributed by atoms with Gasteiger partial charge in [-0.2, -0.15) is 0 Å². The van der Waals surface area contributed by atoms with Crippen LogP contribution in [0.1, 0.15) is 28.2 Å². The minimum absolute atomic E-state index is 0. The van der Waals surface area contributed by atoms with Crippen LogP contribution >= 0.6 is 21.6 Å². The molecule has 0 saturated carbocycles. The highest BCUT2D eigenvalue weighted by Gasteiger charge is 2.04. The Morgan fingerprint density at radius 3 is 1.67 bits per heavy atom. The molecule has 0 heterocycles. The zero-order valence-electron chi connectivity index (χ0n) is 5.97. The third-order valence-corrected chi connectivity index (χ3v) is 3.72. The summed E-state index contributed by atoms with van der Waals surface area (Å²) in [4.78, 5) is 0. The smallest absolute Gasteiger partial charge is 0.0146 e. The zero-order valence-corrected chi connectivity index (χ0v) is 7.60. The van der Waals surface area contributed by atoms with E-state index in [4.69, 9.17) is 0 Å². The summed E-state index contributed by atoms with van der Waals surface area (Å²) in [5.74, 6) is 0.812. The maximum Gasteiger partial charge on any atom is 0.0146 e. The lowest BCUT2D eigenvalue weighted by Gasteiger charge is -2.11. The first-order valence-electron chi connectivity index (χ1n) is 2.88. The molecule has 0 fully saturated rings. The van der Waals surface area contributed by atoms with Crippen LogP contribution in [0.2, 0.25) is 0 Å². The Morgan fingerprint density at radius 2 is 1.56 bits per heavy atom. The summed E-state index contributed by atoms with van der Waals surface area (Å²) in [5, 5.41) is 0.796. The van der Waals surface area contributed by atoms with Gasteiger partial charge in [0.1, 0.15) is 0 Å². The van der Waals surface area contributed by atoms with E-state index in [0.29, 0.717) is 0 Å². The van der Waals surface area contributed by atoms with Gasteiger partial charge in [-0.05, 0) is 12.2 Å². The molecule has 0 radical (unpaired) electrons. The van der Waals surface area contributed by atoms with Crippen LogP contribution in [0.25, 0.3) is 0 Å². The van der Waals surface area contributed by atoms with Crippen molar-refractivity contribution in [1.82, 2.24) is 0 Å². The molecule has 0 aliphatic heterocycles. The summed E-state index contributed by atoms with van der Waals surface area (Å²) in [6, 6.07) is 0. The molecule has 0 N–H and O–H groups in total. The van der Waals surface area contributed by atoms with Gasteiger partial charge in [0.05, 0.1) is 0 Å². The molecule has 0 unspecified atom stereocenters. The van der Waals surface area contributed by atoms with E-state index in [2.05, 4.69) is 27.0 Å². The highest BCUT2D eigenvalue weighted by atomic mass is 33.1. The van der Waals surface area contributed by atoms with Gasteiger partial charge in [0.15, 0.2) is 0 Å². The van der Waals surface area contributed by atoms with Gasteiger partial charge in [-0.3, -0.25) is 0 Å². The Bertz CT molecular complexity index is 52.9. The van der Waals surface area contributed by atoms with Crippen LogP contribution in [0.15, 0.2) is 0 Å². The largest absolute Gasteiger partial charge is 0.0973 e. The van der Waals surface area contributed by atoms with Crippen molar-refractivity contribution in [2.45, 2.75) is 33.4 Å². The molecule has 0 saturated heterocycles. The Kier molecular flexibility index (Phi) is 9.38. The van der Waals surface area contributed by atoms with E-state index in [1.165, 1.54) is 0 Å². The quantitative estimate of drug-likeness (QED) is 0.587. The van der Waals surface area contributed by atoms with Crippen molar-refractivity contribution in [2.75, 3.05) is 6.26 Å². The average molecular weight is 166 g/mol. The van der Waals surface area contributed by atoms with E-state index in [9.17, 15) is 0 Å². The lowest BCUT2D eigenvalue weighted by atomic mass is 10.2. The zero-order chi connectivity index (χ0) is 6.57. The van der Waals surface area contributed by atoms with E-state index in [1.807, 2.05) is 21.6 Å². The van der Waals surface area contributed by atoms with Crippen LogP contribution in [0.4, 0.5) is 0 Å². The summed E-state index contributed by atoms with van der Waals surface area (Å²) in [7, 11) is 3.81. The second-order valence-corrected chi connectivity index (χ2v) is 5.06. The van der Waals surface area contributed by atoms with Gasteiger partial charge in [0.2, 0.25) is 0 Å². The van der Waals surface area contributed by atoms with Gasteiger partial charge in [0.25, 0.3) is 0 Å². The monoisotopic (exact) mass is 166 g/mol. The summed E-state index contributed by atoms with van der Waals surface area (Å²) in [6.45, 7) is 6.79.